The first-order valence-electron chi connectivity index (χ1n) is 5.59. The summed E-state index contributed by atoms with van der Waals surface area (Å²) in [4.78, 5) is 0. The van der Waals surface area contributed by atoms with Crippen LogP contribution < -0.4 is 0 Å². The number of fused-ring (bicyclic) bond motifs is 1. The minimum Gasteiger partial charge on any atom is -0.388 e. The Morgan fingerprint density at radius 1 is 1.29 bits per heavy atom. The van der Waals surface area contributed by atoms with Crippen molar-refractivity contribution in [3.63, 3.8) is 0 Å². The Morgan fingerprint density at radius 2 is 2.00 bits per heavy atom. The molecule has 0 aromatic heterocycles. The maximum Gasteiger partial charge on any atom is 0.0838 e. The topological polar surface area (TPSA) is 20.2 Å². The molecule has 2 aromatic carbocycles. The van der Waals surface area contributed by atoms with E-state index >= 15 is 0 Å². The molecule has 0 bridgehead atoms. The number of benzene rings is 2. The van der Waals surface area contributed by atoms with Crippen molar-refractivity contribution in [2.75, 3.05) is 0 Å². The maximum absolute atomic E-state index is 10.1. The van der Waals surface area contributed by atoms with Gasteiger partial charge in [0.1, 0.15) is 0 Å². The smallest absolute Gasteiger partial charge is 0.0838 e. The molecule has 1 nitrogen and oxygen atoms in total. The average Bonchev–Trinajstić information content (AvgIpc) is 2.28. The molecule has 0 fully saturated rings. The molecule has 2 aromatic rings. The largest absolute Gasteiger partial charge is 0.388 e. The minimum atomic E-state index is -0.494. The SMILES string of the molecule is C=C(C)CC(O)c1ccc2ccccc2c1Br. The highest BCUT2D eigenvalue weighted by atomic mass is 79.9. The summed E-state index contributed by atoms with van der Waals surface area (Å²) in [5.74, 6) is 0. The van der Waals surface area contributed by atoms with E-state index in [0.29, 0.717) is 6.42 Å². The molecule has 0 aliphatic heterocycles. The number of halogens is 1. The van der Waals surface area contributed by atoms with Gasteiger partial charge in [-0.2, -0.15) is 0 Å². The number of aliphatic hydroxyl groups is 1. The van der Waals surface area contributed by atoms with Crippen LogP contribution in [-0.2, 0) is 0 Å². The molecular formula is C15H15BrO. The normalized spacial score (nSPS) is 12.6. The molecule has 0 radical (unpaired) electrons. The number of hydrogen-bond acceptors (Lipinski definition) is 1. The Labute approximate surface area is 110 Å². The van der Waals surface area contributed by atoms with Gasteiger partial charge in [0, 0.05) is 4.47 Å². The Morgan fingerprint density at radius 3 is 2.71 bits per heavy atom. The van der Waals surface area contributed by atoms with Gasteiger partial charge in [-0.1, -0.05) is 42.0 Å². The summed E-state index contributed by atoms with van der Waals surface area (Å²) < 4.78 is 0.976. The highest BCUT2D eigenvalue weighted by molar-refractivity contribution is 9.10. The average molecular weight is 291 g/mol. The van der Waals surface area contributed by atoms with Gasteiger partial charge in [0.15, 0.2) is 0 Å². The predicted molar refractivity (Wildman–Crippen MR) is 76.0 cm³/mol. The van der Waals surface area contributed by atoms with E-state index < -0.39 is 6.10 Å². The minimum absolute atomic E-state index is 0.494. The van der Waals surface area contributed by atoms with Crippen molar-refractivity contribution in [2.45, 2.75) is 19.4 Å². The Bertz CT molecular complexity index is 560. The monoisotopic (exact) mass is 290 g/mol. The summed E-state index contributed by atoms with van der Waals surface area (Å²) in [5.41, 5.74) is 1.91. The molecule has 1 unspecified atom stereocenters. The lowest BCUT2D eigenvalue weighted by molar-refractivity contribution is 0.178. The first kappa shape index (κ1) is 12.3. The third-order valence-corrected chi connectivity index (χ3v) is 3.68. The van der Waals surface area contributed by atoms with Crippen LogP contribution in [-0.4, -0.2) is 5.11 Å². The predicted octanol–water partition coefficient (Wildman–Crippen LogP) is 4.60. The van der Waals surface area contributed by atoms with Crippen molar-refractivity contribution in [3.8, 4) is 0 Å². The Kier molecular flexibility index (Phi) is 3.65. The summed E-state index contributed by atoms with van der Waals surface area (Å²) >= 11 is 3.58. The van der Waals surface area contributed by atoms with Crippen LogP contribution in [0.2, 0.25) is 0 Å². The van der Waals surface area contributed by atoms with Gasteiger partial charge in [0.05, 0.1) is 6.10 Å². The number of hydrogen-bond donors (Lipinski definition) is 1. The lowest BCUT2D eigenvalue weighted by Gasteiger charge is -2.14. The van der Waals surface area contributed by atoms with Gasteiger partial charge in [-0.25, -0.2) is 0 Å². The molecule has 0 aliphatic carbocycles. The van der Waals surface area contributed by atoms with Crippen LogP contribution in [0.1, 0.15) is 25.0 Å². The van der Waals surface area contributed by atoms with Crippen molar-refractivity contribution in [1.29, 1.82) is 0 Å². The Balaban J connectivity index is 2.48. The second-order valence-corrected chi connectivity index (χ2v) is 5.16. The molecule has 0 aliphatic rings. The molecule has 2 rings (SSSR count). The second-order valence-electron chi connectivity index (χ2n) is 4.37. The van der Waals surface area contributed by atoms with Crippen LogP contribution in [0.5, 0.6) is 0 Å². The van der Waals surface area contributed by atoms with Crippen molar-refractivity contribution in [2.24, 2.45) is 0 Å². The van der Waals surface area contributed by atoms with Gasteiger partial charge in [0.25, 0.3) is 0 Å². The van der Waals surface area contributed by atoms with Gasteiger partial charge < -0.3 is 5.11 Å². The van der Waals surface area contributed by atoms with E-state index in [2.05, 4.69) is 34.6 Å². The van der Waals surface area contributed by atoms with Crippen molar-refractivity contribution < 1.29 is 5.11 Å². The lowest BCUT2D eigenvalue weighted by atomic mass is 10.00. The van der Waals surface area contributed by atoms with Crippen LogP contribution in [0, 0.1) is 0 Å². The van der Waals surface area contributed by atoms with Crippen LogP contribution >= 0.6 is 15.9 Å². The standard InChI is InChI=1S/C15H15BrO/c1-10(2)9-14(17)13-8-7-11-5-3-4-6-12(11)15(13)16/h3-8,14,17H,1,9H2,2H3. The molecule has 0 heterocycles. The fraction of sp³-hybridized carbons (Fsp3) is 0.200. The molecule has 0 amide bonds. The zero-order valence-corrected chi connectivity index (χ0v) is 11.4. The maximum atomic E-state index is 10.1. The second kappa shape index (κ2) is 5.03. The summed E-state index contributed by atoms with van der Waals surface area (Å²) in [5, 5.41) is 12.4. The van der Waals surface area contributed by atoms with Gasteiger partial charge in [-0.15, -0.1) is 6.58 Å². The zero-order chi connectivity index (χ0) is 12.4. The van der Waals surface area contributed by atoms with E-state index in [1.807, 2.05) is 31.2 Å². The number of aliphatic hydroxyl groups excluding tert-OH is 1. The van der Waals surface area contributed by atoms with Crippen molar-refractivity contribution >= 4 is 26.7 Å². The van der Waals surface area contributed by atoms with E-state index in [-0.39, 0.29) is 0 Å². The molecule has 88 valence electrons. The fourth-order valence-electron chi connectivity index (χ4n) is 1.95. The van der Waals surface area contributed by atoms with Crippen LogP contribution in [0.4, 0.5) is 0 Å². The lowest BCUT2D eigenvalue weighted by Crippen LogP contribution is -1.99. The molecule has 17 heavy (non-hydrogen) atoms. The molecular weight excluding hydrogens is 276 g/mol. The first-order chi connectivity index (χ1) is 8.09. The molecule has 1 N–H and O–H groups in total. The summed E-state index contributed by atoms with van der Waals surface area (Å²) in [6.45, 7) is 5.77. The molecule has 0 spiro atoms. The highest BCUT2D eigenvalue weighted by Gasteiger charge is 2.13. The van der Waals surface area contributed by atoms with E-state index in [1.54, 1.807) is 0 Å². The van der Waals surface area contributed by atoms with Crippen LogP contribution in [0.3, 0.4) is 0 Å². The van der Waals surface area contributed by atoms with E-state index in [4.69, 9.17) is 0 Å². The zero-order valence-electron chi connectivity index (χ0n) is 9.78. The Hall–Kier alpha value is -1.12. The quantitative estimate of drug-likeness (QED) is 0.819. The third kappa shape index (κ3) is 2.59. The van der Waals surface area contributed by atoms with Crippen molar-refractivity contribution in [1.82, 2.24) is 0 Å². The molecule has 0 saturated heterocycles. The number of rotatable bonds is 3. The van der Waals surface area contributed by atoms with Gasteiger partial charge in [-0.05, 0) is 45.6 Å². The van der Waals surface area contributed by atoms with Gasteiger partial charge in [0.2, 0.25) is 0 Å². The molecule has 1 atom stereocenters. The summed E-state index contributed by atoms with van der Waals surface area (Å²) in [6.07, 6.45) is 0.100. The first-order valence-corrected chi connectivity index (χ1v) is 6.38. The molecule has 2 heteroatoms. The van der Waals surface area contributed by atoms with Gasteiger partial charge >= 0.3 is 0 Å². The van der Waals surface area contributed by atoms with E-state index in [1.165, 1.54) is 5.39 Å². The third-order valence-electron chi connectivity index (χ3n) is 2.79. The van der Waals surface area contributed by atoms with E-state index in [0.717, 1.165) is 21.0 Å². The summed E-state index contributed by atoms with van der Waals surface area (Å²) in [7, 11) is 0. The van der Waals surface area contributed by atoms with Crippen LogP contribution in [0.25, 0.3) is 10.8 Å². The van der Waals surface area contributed by atoms with Gasteiger partial charge in [-0.3, -0.25) is 0 Å². The van der Waals surface area contributed by atoms with Crippen molar-refractivity contribution in [3.05, 3.63) is 58.6 Å². The highest BCUT2D eigenvalue weighted by Crippen LogP contribution is 2.33. The summed E-state index contributed by atoms with van der Waals surface area (Å²) in [6, 6.07) is 12.1. The molecule has 0 saturated carbocycles. The van der Waals surface area contributed by atoms with Crippen LogP contribution in [0.15, 0.2) is 53.0 Å². The fourth-order valence-corrected chi connectivity index (χ4v) is 2.71. The van der Waals surface area contributed by atoms with E-state index in [9.17, 15) is 5.11 Å².